The van der Waals surface area contributed by atoms with Gasteiger partial charge in [0.05, 0.1) is 13.7 Å². The second kappa shape index (κ2) is 8.56. The summed E-state index contributed by atoms with van der Waals surface area (Å²) in [5.74, 6) is -1.43. The maximum absolute atomic E-state index is 12.9. The number of anilines is 1. The van der Waals surface area contributed by atoms with Crippen LogP contribution < -0.4 is 10.6 Å². The maximum atomic E-state index is 12.9. The Bertz CT molecular complexity index is 1240. The van der Waals surface area contributed by atoms with Crippen molar-refractivity contribution >= 4 is 46.7 Å². The van der Waals surface area contributed by atoms with Gasteiger partial charge in [0.1, 0.15) is 10.9 Å². The van der Waals surface area contributed by atoms with Gasteiger partial charge >= 0.3 is 12.0 Å². The minimum atomic E-state index is -0.682. The molecule has 0 saturated carbocycles. The fourth-order valence-electron chi connectivity index (χ4n) is 4.55. The van der Waals surface area contributed by atoms with E-state index < -0.39 is 11.9 Å². The monoisotopic (exact) mass is 482 g/mol. The number of ether oxygens (including phenoxy) is 1. The van der Waals surface area contributed by atoms with Gasteiger partial charge in [-0.15, -0.1) is 11.3 Å². The highest BCUT2D eigenvalue weighted by atomic mass is 32.1. The molecular weight excluding hydrogens is 460 g/mol. The molecule has 0 aliphatic carbocycles. The Balaban J connectivity index is 1.26. The van der Waals surface area contributed by atoms with Crippen molar-refractivity contribution in [2.75, 3.05) is 19.0 Å². The predicted octanol–water partition coefficient (Wildman–Crippen LogP) is 1.89. The number of urea groups is 1. The lowest BCUT2D eigenvalue weighted by Crippen LogP contribution is -2.52. The van der Waals surface area contributed by atoms with Crippen molar-refractivity contribution in [1.29, 1.82) is 0 Å². The summed E-state index contributed by atoms with van der Waals surface area (Å²) < 4.78 is 4.78. The average Bonchev–Trinajstić information content (AvgIpc) is 3.39. The zero-order chi connectivity index (χ0) is 24.0. The summed E-state index contributed by atoms with van der Waals surface area (Å²) in [4.78, 5) is 65.8. The van der Waals surface area contributed by atoms with E-state index in [4.69, 9.17) is 4.74 Å². The second-order valence-electron chi connectivity index (χ2n) is 8.42. The van der Waals surface area contributed by atoms with E-state index in [1.54, 1.807) is 23.1 Å². The number of esters is 1. The molecule has 5 rings (SSSR count). The van der Waals surface area contributed by atoms with Crippen molar-refractivity contribution in [3.63, 3.8) is 0 Å². The van der Waals surface area contributed by atoms with Crippen molar-refractivity contribution < 1.29 is 28.7 Å². The molecule has 3 aliphatic heterocycles. The van der Waals surface area contributed by atoms with Gasteiger partial charge < -0.3 is 19.9 Å². The summed E-state index contributed by atoms with van der Waals surface area (Å²) in [6.07, 6.45) is 1.14. The molecule has 2 aromatic rings. The number of amides is 5. The Kier molecular flexibility index (Phi) is 5.56. The van der Waals surface area contributed by atoms with E-state index in [1.165, 1.54) is 23.3 Å². The molecule has 1 fully saturated rings. The zero-order valence-electron chi connectivity index (χ0n) is 18.4. The van der Waals surface area contributed by atoms with Gasteiger partial charge in [-0.3, -0.25) is 19.7 Å². The first-order valence-electron chi connectivity index (χ1n) is 10.9. The summed E-state index contributed by atoms with van der Waals surface area (Å²) in [6.45, 7) is 1.15. The molecule has 1 aromatic heterocycles. The van der Waals surface area contributed by atoms with Gasteiger partial charge in [-0.05, 0) is 48.2 Å². The largest absolute Gasteiger partial charge is 0.465 e. The minimum absolute atomic E-state index is 0.195. The average molecular weight is 483 g/mol. The summed E-state index contributed by atoms with van der Waals surface area (Å²) >= 11 is 1.33. The van der Waals surface area contributed by atoms with E-state index in [0.717, 1.165) is 16.0 Å². The smallest absolute Gasteiger partial charge is 0.348 e. The lowest BCUT2D eigenvalue weighted by molar-refractivity contribution is -0.136. The summed E-state index contributed by atoms with van der Waals surface area (Å²) in [7, 11) is 1.34. The van der Waals surface area contributed by atoms with Crippen molar-refractivity contribution in [3.05, 3.63) is 50.7 Å². The van der Waals surface area contributed by atoms with Crippen molar-refractivity contribution in [2.45, 2.75) is 38.4 Å². The lowest BCUT2D eigenvalue weighted by Gasteiger charge is -2.29. The van der Waals surface area contributed by atoms with Gasteiger partial charge in [-0.1, -0.05) is 0 Å². The molecule has 11 heteroatoms. The van der Waals surface area contributed by atoms with Gasteiger partial charge in [0.25, 0.3) is 5.91 Å². The van der Waals surface area contributed by atoms with Crippen molar-refractivity contribution in [3.8, 4) is 0 Å². The van der Waals surface area contributed by atoms with E-state index in [0.29, 0.717) is 42.1 Å². The number of methoxy groups -OCH3 is 1. The van der Waals surface area contributed by atoms with Crippen LogP contribution in [0, 0.1) is 0 Å². The van der Waals surface area contributed by atoms with E-state index in [1.807, 2.05) is 6.07 Å². The fourth-order valence-corrected chi connectivity index (χ4v) is 5.69. The summed E-state index contributed by atoms with van der Waals surface area (Å²) in [5, 5.41) is 5.17. The topological polar surface area (TPSA) is 125 Å². The Morgan fingerprint density at radius 2 is 1.94 bits per heavy atom. The SMILES string of the molecule is COC(=O)c1cc2c(s1)CN(C(=O)Nc1ccc3c(c1)CN(C1CCC(=O)NC1=O)C3=O)CC2. The molecule has 3 aliphatic rings. The minimum Gasteiger partial charge on any atom is -0.465 e. The number of rotatable bonds is 3. The number of carbonyl (C=O) groups excluding carboxylic acids is 5. The molecule has 1 saturated heterocycles. The Labute approximate surface area is 198 Å². The fraction of sp³-hybridized carbons (Fsp3) is 0.348. The van der Waals surface area contributed by atoms with Crippen molar-refractivity contribution in [2.24, 2.45) is 0 Å². The number of hydrogen-bond acceptors (Lipinski definition) is 7. The van der Waals surface area contributed by atoms with Crippen LogP contribution >= 0.6 is 11.3 Å². The summed E-state index contributed by atoms with van der Waals surface area (Å²) in [6, 6.07) is 5.93. The summed E-state index contributed by atoms with van der Waals surface area (Å²) in [5.41, 5.74) is 2.81. The van der Waals surface area contributed by atoms with Gasteiger partial charge in [-0.25, -0.2) is 9.59 Å². The molecule has 1 atom stereocenters. The number of benzene rings is 1. The first-order valence-corrected chi connectivity index (χ1v) is 11.7. The van der Waals surface area contributed by atoms with E-state index in [9.17, 15) is 24.0 Å². The van der Waals surface area contributed by atoms with E-state index in [-0.39, 0.29) is 36.8 Å². The van der Waals surface area contributed by atoms with Crippen LogP contribution in [0.3, 0.4) is 0 Å². The molecule has 10 nitrogen and oxygen atoms in total. The highest BCUT2D eigenvalue weighted by molar-refractivity contribution is 7.14. The second-order valence-corrected chi connectivity index (χ2v) is 9.56. The zero-order valence-corrected chi connectivity index (χ0v) is 19.2. The van der Waals surface area contributed by atoms with Crippen LogP contribution in [0.5, 0.6) is 0 Å². The molecule has 4 heterocycles. The van der Waals surface area contributed by atoms with Crippen LogP contribution in [0.4, 0.5) is 10.5 Å². The van der Waals surface area contributed by atoms with Crippen molar-refractivity contribution in [1.82, 2.24) is 15.1 Å². The third-order valence-electron chi connectivity index (χ3n) is 6.33. The van der Waals surface area contributed by atoms with Crippen LogP contribution in [-0.2, 0) is 33.8 Å². The first kappa shape index (κ1) is 22.1. The van der Waals surface area contributed by atoms with Crippen LogP contribution in [-0.4, -0.2) is 59.2 Å². The van der Waals surface area contributed by atoms with Gasteiger partial charge in [0.2, 0.25) is 11.8 Å². The molecule has 1 aromatic carbocycles. The lowest BCUT2D eigenvalue weighted by atomic mass is 10.0. The number of piperidine rings is 1. The maximum Gasteiger partial charge on any atom is 0.348 e. The standard InChI is InChI=1S/C23H22N4O6S/c1-33-22(31)17-9-12-6-7-26(11-18(12)34-17)23(32)24-14-2-3-15-13(8-14)10-27(21(15)30)16-4-5-19(28)25-20(16)29/h2-3,8-9,16H,4-7,10-11H2,1H3,(H,24,32)(H,25,28,29). The molecule has 1 unspecified atom stereocenters. The Hall–Kier alpha value is -3.73. The molecule has 176 valence electrons. The highest BCUT2D eigenvalue weighted by Crippen LogP contribution is 2.31. The quantitative estimate of drug-likeness (QED) is 0.508. The predicted molar refractivity (Wildman–Crippen MR) is 121 cm³/mol. The number of nitrogens with zero attached hydrogens (tertiary/aromatic N) is 2. The number of fused-ring (bicyclic) bond motifs is 2. The third kappa shape index (κ3) is 3.92. The van der Waals surface area contributed by atoms with Crippen LogP contribution in [0.25, 0.3) is 0 Å². The third-order valence-corrected chi connectivity index (χ3v) is 7.47. The molecule has 5 amide bonds. The molecule has 2 N–H and O–H groups in total. The normalized spacial score (nSPS) is 19.4. The first-order chi connectivity index (χ1) is 16.3. The van der Waals surface area contributed by atoms with Gasteiger partial charge in [0, 0.05) is 35.6 Å². The van der Waals surface area contributed by atoms with Crippen LogP contribution in [0.15, 0.2) is 24.3 Å². The van der Waals surface area contributed by atoms with Gasteiger partial charge in [-0.2, -0.15) is 0 Å². The number of hydrogen-bond donors (Lipinski definition) is 2. The molecule has 0 spiro atoms. The van der Waals surface area contributed by atoms with E-state index in [2.05, 4.69) is 10.6 Å². The number of nitrogens with one attached hydrogen (secondary N) is 2. The number of imide groups is 1. The Morgan fingerprint density at radius 3 is 2.71 bits per heavy atom. The van der Waals surface area contributed by atoms with Crippen LogP contribution in [0.2, 0.25) is 0 Å². The van der Waals surface area contributed by atoms with Gasteiger partial charge in [0.15, 0.2) is 0 Å². The molecule has 0 radical (unpaired) electrons. The molecule has 34 heavy (non-hydrogen) atoms. The number of thiophene rings is 1. The molecular formula is C23H22N4O6S. The molecule has 0 bridgehead atoms. The highest BCUT2D eigenvalue weighted by Gasteiger charge is 2.39. The Morgan fingerprint density at radius 1 is 1.12 bits per heavy atom. The number of carbonyl (C=O) groups is 5. The van der Waals surface area contributed by atoms with Crippen LogP contribution in [0.1, 0.15) is 48.9 Å². The van der Waals surface area contributed by atoms with E-state index >= 15 is 0 Å².